The number of primary amides is 1. The van der Waals surface area contributed by atoms with E-state index < -0.39 is 64.4 Å². The van der Waals surface area contributed by atoms with E-state index in [-0.39, 0.29) is 12.3 Å². The quantitative estimate of drug-likeness (QED) is 0.353. The van der Waals surface area contributed by atoms with Crippen molar-refractivity contribution < 1.29 is 29.1 Å². The van der Waals surface area contributed by atoms with Gasteiger partial charge in [0.2, 0.25) is 5.91 Å². The van der Waals surface area contributed by atoms with Crippen LogP contribution in [-0.4, -0.2) is 78.9 Å². The monoisotopic (exact) mass is 572 g/mol. The Balaban J connectivity index is 1.46. The van der Waals surface area contributed by atoms with Gasteiger partial charge in [0.25, 0.3) is 0 Å². The highest BCUT2D eigenvalue weighted by molar-refractivity contribution is 6.32. The number of ketones is 4. The highest BCUT2D eigenvalue weighted by Crippen LogP contribution is 2.52. The second-order valence-electron chi connectivity index (χ2n) is 12.8. The molecule has 7 atom stereocenters. The molecular formula is C32H36N4O6. The van der Waals surface area contributed by atoms with Gasteiger partial charge in [0.15, 0.2) is 34.7 Å². The fourth-order valence-corrected chi connectivity index (χ4v) is 8.20. The molecule has 10 heteroatoms. The van der Waals surface area contributed by atoms with Crippen LogP contribution in [0, 0.1) is 23.7 Å². The molecule has 2 saturated carbocycles. The molecular weight excluding hydrogens is 536 g/mol. The standard InChI is InChI=1S/C32H36N4O6/c1-35(2)22-13-16-9-15(14-5-7-18(33)8-6-14)10-19(16)24-20(22)11-17-12-21-26(36(3)4)28(38)25(31(34)41)30(40)32(21,42)29(39)23(17)27(24)37/h5-8,13,15,17,21,23,25-26,42H,9-12,33H2,1-4H3,(H2,34,41)/t15?,17-,21-,23?,25?,26-,32-/m0/s1. The molecule has 0 saturated heterocycles. The van der Waals surface area contributed by atoms with Crippen LogP contribution in [0.15, 0.2) is 30.3 Å². The number of rotatable bonds is 4. The Bertz CT molecular complexity index is 1560. The van der Waals surface area contributed by atoms with Gasteiger partial charge in [-0.15, -0.1) is 0 Å². The zero-order chi connectivity index (χ0) is 30.4. The maximum Gasteiger partial charge on any atom is 0.235 e. The van der Waals surface area contributed by atoms with Crippen molar-refractivity contribution in [3.8, 4) is 0 Å². The first-order valence-electron chi connectivity index (χ1n) is 14.3. The number of anilines is 2. The highest BCUT2D eigenvalue weighted by Gasteiger charge is 2.69. The number of nitrogens with zero attached hydrogens (tertiary/aromatic N) is 2. The van der Waals surface area contributed by atoms with E-state index in [0.717, 1.165) is 34.4 Å². The molecule has 42 heavy (non-hydrogen) atoms. The second kappa shape index (κ2) is 9.57. The molecule has 0 radical (unpaired) electrons. The smallest absolute Gasteiger partial charge is 0.235 e. The molecule has 0 heterocycles. The van der Waals surface area contributed by atoms with E-state index in [2.05, 4.69) is 6.07 Å². The highest BCUT2D eigenvalue weighted by atomic mass is 16.3. The Morgan fingerprint density at radius 2 is 1.62 bits per heavy atom. The Labute approximate surface area is 244 Å². The summed E-state index contributed by atoms with van der Waals surface area (Å²) >= 11 is 0. The lowest BCUT2D eigenvalue weighted by Crippen LogP contribution is -2.74. The zero-order valence-corrected chi connectivity index (χ0v) is 24.2. The van der Waals surface area contributed by atoms with Crippen molar-refractivity contribution in [2.24, 2.45) is 29.4 Å². The second-order valence-corrected chi connectivity index (χ2v) is 12.8. The Morgan fingerprint density at radius 1 is 0.952 bits per heavy atom. The van der Waals surface area contributed by atoms with Gasteiger partial charge >= 0.3 is 0 Å². The molecule has 4 aliphatic carbocycles. The zero-order valence-electron chi connectivity index (χ0n) is 24.2. The third-order valence-corrected chi connectivity index (χ3v) is 10.1. The Morgan fingerprint density at radius 3 is 2.21 bits per heavy atom. The fraction of sp³-hybridized carbons (Fsp3) is 0.469. The molecule has 0 bridgehead atoms. The number of hydrogen-bond donors (Lipinski definition) is 3. The largest absolute Gasteiger partial charge is 0.399 e. The van der Waals surface area contributed by atoms with Gasteiger partial charge < -0.3 is 21.5 Å². The normalized spacial score (nSPS) is 31.9. The number of benzene rings is 2. The van der Waals surface area contributed by atoms with Gasteiger partial charge in [-0.25, -0.2) is 0 Å². The van der Waals surface area contributed by atoms with Crippen molar-refractivity contribution >= 4 is 40.4 Å². The van der Waals surface area contributed by atoms with Crippen LogP contribution >= 0.6 is 0 Å². The van der Waals surface area contributed by atoms with Crippen LogP contribution in [0.5, 0.6) is 0 Å². The molecule has 1 amide bonds. The molecule has 2 fully saturated rings. The number of nitrogen functional groups attached to an aromatic ring is 1. The van der Waals surface area contributed by atoms with Crippen LogP contribution in [-0.2, 0) is 38.4 Å². The average Bonchev–Trinajstić information content (AvgIpc) is 3.34. The van der Waals surface area contributed by atoms with Crippen molar-refractivity contribution in [1.29, 1.82) is 0 Å². The molecule has 10 nitrogen and oxygen atoms in total. The third-order valence-electron chi connectivity index (χ3n) is 10.1. The first-order chi connectivity index (χ1) is 19.8. The molecule has 2 aromatic carbocycles. The van der Waals surface area contributed by atoms with E-state index in [9.17, 15) is 29.1 Å². The molecule has 0 spiro atoms. The summed E-state index contributed by atoms with van der Waals surface area (Å²) in [4.78, 5) is 71.3. The molecule has 6 rings (SSSR count). The van der Waals surface area contributed by atoms with Crippen LogP contribution < -0.4 is 16.4 Å². The first-order valence-corrected chi connectivity index (χ1v) is 14.3. The number of amides is 1. The predicted octanol–water partition coefficient (Wildman–Crippen LogP) is 0.692. The number of likely N-dealkylation sites (N-methyl/N-ethyl adjacent to an activating group) is 1. The summed E-state index contributed by atoms with van der Waals surface area (Å²) in [5, 5.41) is 11.9. The number of nitrogens with two attached hydrogens (primary N) is 2. The van der Waals surface area contributed by atoms with Crippen molar-refractivity contribution in [2.75, 3.05) is 38.8 Å². The van der Waals surface area contributed by atoms with Gasteiger partial charge in [-0.3, -0.25) is 28.9 Å². The number of hydrogen-bond acceptors (Lipinski definition) is 9. The topological polar surface area (TPSA) is 164 Å². The van der Waals surface area contributed by atoms with Crippen molar-refractivity contribution in [3.63, 3.8) is 0 Å². The summed E-state index contributed by atoms with van der Waals surface area (Å²) < 4.78 is 0. The maximum atomic E-state index is 14.5. The van der Waals surface area contributed by atoms with E-state index in [1.54, 1.807) is 14.1 Å². The van der Waals surface area contributed by atoms with E-state index in [1.165, 1.54) is 4.90 Å². The number of carbonyl (C=O) groups excluding carboxylic acids is 5. The van der Waals surface area contributed by atoms with Gasteiger partial charge in [0.05, 0.1) is 12.0 Å². The van der Waals surface area contributed by atoms with Crippen molar-refractivity contribution in [3.05, 3.63) is 58.1 Å². The molecule has 0 aromatic heterocycles. The minimum atomic E-state index is -2.66. The molecule has 3 unspecified atom stereocenters. The summed E-state index contributed by atoms with van der Waals surface area (Å²) in [6, 6.07) is 8.76. The van der Waals surface area contributed by atoms with Gasteiger partial charge in [-0.2, -0.15) is 0 Å². The summed E-state index contributed by atoms with van der Waals surface area (Å²) in [5.41, 5.74) is 14.6. The molecule has 220 valence electrons. The first kappa shape index (κ1) is 28.2. The lowest BCUT2D eigenvalue weighted by atomic mass is 9.52. The van der Waals surface area contributed by atoms with Gasteiger partial charge in [-0.05, 0) is 92.1 Å². The number of carbonyl (C=O) groups is 5. The van der Waals surface area contributed by atoms with Crippen LogP contribution in [0.3, 0.4) is 0 Å². The summed E-state index contributed by atoms with van der Waals surface area (Å²) in [6.07, 6.45) is 1.82. The Kier molecular flexibility index (Phi) is 6.43. The minimum Gasteiger partial charge on any atom is -0.399 e. The predicted molar refractivity (Wildman–Crippen MR) is 155 cm³/mol. The Hall–Kier alpha value is -3.89. The van der Waals surface area contributed by atoms with Crippen LogP contribution in [0.2, 0.25) is 0 Å². The lowest BCUT2D eigenvalue weighted by Gasteiger charge is -2.52. The fourth-order valence-electron chi connectivity index (χ4n) is 8.20. The van der Waals surface area contributed by atoms with E-state index >= 15 is 0 Å². The minimum absolute atomic E-state index is 0.0991. The molecule has 0 aliphatic heterocycles. The summed E-state index contributed by atoms with van der Waals surface area (Å²) in [6.45, 7) is 0. The van der Waals surface area contributed by atoms with Crippen molar-refractivity contribution in [1.82, 2.24) is 4.90 Å². The van der Waals surface area contributed by atoms with Gasteiger partial charge in [0.1, 0.15) is 0 Å². The van der Waals surface area contributed by atoms with E-state index in [0.29, 0.717) is 24.1 Å². The summed E-state index contributed by atoms with van der Waals surface area (Å²) in [7, 11) is 7.03. The molecule has 5 N–H and O–H groups in total. The van der Waals surface area contributed by atoms with Gasteiger partial charge in [0, 0.05) is 37.0 Å². The van der Waals surface area contributed by atoms with Crippen LogP contribution in [0.4, 0.5) is 11.4 Å². The van der Waals surface area contributed by atoms with Crippen LogP contribution in [0.25, 0.3) is 0 Å². The summed E-state index contributed by atoms with van der Waals surface area (Å²) in [5.74, 6) is -9.15. The van der Waals surface area contributed by atoms with E-state index in [1.807, 2.05) is 43.3 Å². The maximum absolute atomic E-state index is 14.5. The molecule has 2 aromatic rings. The lowest BCUT2D eigenvalue weighted by molar-refractivity contribution is -0.181. The number of fused-ring (bicyclic) bond motifs is 5. The van der Waals surface area contributed by atoms with Crippen molar-refractivity contribution in [2.45, 2.75) is 43.2 Å². The third kappa shape index (κ3) is 3.81. The SMILES string of the molecule is CN(C)c1cc2c(c3c1C[C@H]1C[C@H]4[C@H](N(C)C)C(=O)C(C(N)=O)C(=O)[C@@]4(O)C(=O)C1C3=O)CC(c1ccc(N)cc1)C2. The van der Waals surface area contributed by atoms with E-state index in [4.69, 9.17) is 11.5 Å². The number of aliphatic hydroxyl groups is 1. The molecule has 4 aliphatic rings. The number of Topliss-reactive ketones (excluding diaryl/α,β-unsaturated/α-hetero) is 4. The van der Waals surface area contributed by atoms with Gasteiger partial charge in [-0.1, -0.05) is 12.1 Å². The average molecular weight is 573 g/mol. The van der Waals surface area contributed by atoms with Crippen LogP contribution in [0.1, 0.15) is 45.0 Å².